The highest BCUT2D eigenvalue weighted by atomic mass is 32.1. The molecule has 1 aromatic heterocycles. The fourth-order valence-corrected chi connectivity index (χ4v) is 1.66. The fraction of sp³-hybridized carbons (Fsp3) is 0.333. The van der Waals surface area contributed by atoms with Gasteiger partial charge in [-0.25, -0.2) is 0 Å². The fourth-order valence-electron chi connectivity index (χ4n) is 1.05. The molecule has 2 N–H and O–H groups in total. The van der Waals surface area contributed by atoms with Crippen molar-refractivity contribution in [3.05, 3.63) is 17.5 Å². The van der Waals surface area contributed by atoms with E-state index in [0.29, 0.717) is 0 Å². The lowest BCUT2D eigenvalue weighted by molar-refractivity contribution is 0.936. The second kappa shape index (κ2) is 2.05. The van der Waals surface area contributed by atoms with Gasteiger partial charge in [0.2, 0.25) is 0 Å². The summed E-state index contributed by atoms with van der Waals surface area (Å²) in [5, 5.41) is 0. The van der Waals surface area contributed by atoms with Crippen molar-refractivity contribution in [2.24, 2.45) is 5.73 Å². The van der Waals surface area contributed by atoms with E-state index in [-0.39, 0.29) is 0 Å². The largest absolute Gasteiger partial charge is 0.397 e. The van der Waals surface area contributed by atoms with Gasteiger partial charge in [-0.05, 0) is 12.8 Å². The van der Waals surface area contributed by atoms with E-state index in [1.165, 1.54) is 11.7 Å². The maximum atomic E-state index is 5.66. The summed E-state index contributed by atoms with van der Waals surface area (Å²) in [4.78, 5) is 0. The highest BCUT2D eigenvalue weighted by molar-refractivity contribution is 6.99. The number of hydrogen-bond donors (Lipinski definition) is 1. The number of hydrogen-bond acceptors (Lipinski definition) is 4. The predicted molar refractivity (Wildman–Crippen MR) is 40.4 cm³/mol. The third kappa shape index (κ3) is 0.724. The zero-order valence-corrected chi connectivity index (χ0v) is 6.19. The van der Waals surface area contributed by atoms with Crippen molar-refractivity contribution in [3.63, 3.8) is 0 Å². The molecule has 1 aromatic rings. The molecule has 0 aromatic carbocycles. The van der Waals surface area contributed by atoms with E-state index in [9.17, 15) is 0 Å². The molecule has 10 heavy (non-hydrogen) atoms. The smallest absolute Gasteiger partial charge is 0.123 e. The van der Waals surface area contributed by atoms with Crippen LogP contribution >= 0.6 is 11.7 Å². The Kier molecular flexibility index (Phi) is 1.20. The SMILES string of the molecule is NC1=CCCc2nsnc21. The van der Waals surface area contributed by atoms with Gasteiger partial charge in [0.15, 0.2) is 0 Å². The Balaban J connectivity index is 2.55. The van der Waals surface area contributed by atoms with Crippen LogP contribution in [0.3, 0.4) is 0 Å². The Hall–Kier alpha value is -0.900. The van der Waals surface area contributed by atoms with Gasteiger partial charge in [-0.15, -0.1) is 0 Å². The lowest BCUT2D eigenvalue weighted by Crippen LogP contribution is -2.05. The molecule has 0 bridgehead atoms. The van der Waals surface area contributed by atoms with Crippen LogP contribution in [-0.2, 0) is 6.42 Å². The summed E-state index contributed by atoms with van der Waals surface area (Å²) in [6, 6.07) is 0. The molecule has 0 saturated heterocycles. The molecule has 0 atom stereocenters. The zero-order chi connectivity index (χ0) is 6.97. The number of fused-ring (bicyclic) bond motifs is 1. The monoisotopic (exact) mass is 153 g/mol. The average molecular weight is 153 g/mol. The first-order valence-electron chi connectivity index (χ1n) is 3.15. The van der Waals surface area contributed by atoms with E-state index in [1.54, 1.807) is 0 Å². The molecule has 3 nitrogen and oxygen atoms in total. The Labute approximate surface area is 62.9 Å². The Bertz CT molecular complexity index is 276. The topological polar surface area (TPSA) is 51.8 Å². The minimum absolute atomic E-state index is 0.787. The van der Waals surface area contributed by atoms with Crippen LogP contribution in [0.25, 0.3) is 5.70 Å². The normalized spacial score (nSPS) is 16.2. The molecule has 1 aliphatic carbocycles. The number of allylic oxidation sites excluding steroid dienone is 1. The van der Waals surface area contributed by atoms with Gasteiger partial charge in [0.05, 0.1) is 23.1 Å². The molecule has 0 unspecified atom stereocenters. The summed E-state index contributed by atoms with van der Waals surface area (Å²) in [5.74, 6) is 0. The minimum Gasteiger partial charge on any atom is -0.397 e. The highest BCUT2D eigenvalue weighted by Gasteiger charge is 2.13. The second-order valence-corrected chi connectivity index (χ2v) is 2.79. The number of nitrogens with two attached hydrogens (primary N) is 1. The van der Waals surface area contributed by atoms with Gasteiger partial charge < -0.3 is 5.73 Å². The lowest BCUT2D eigenvalue weighted by Gasteiger charge is -2.04. The zero-order valence-electron chi connectivity index (χ0n) is 5.37. The van der Waals surface area contributed by atoms with Crippen LogP contribution in [-0.4, -0.2) is 8.75 Å². The summed E-state index contributed by atoms with van der Waals surface area (Å²) in [6.07, 6.45) is 4.00. The van der Waals surface area contributed by atoms with Crippen LogP contribution in [0.1, 0.15) is 17.8 Å². The first-order chi connectivity index (χ1) is 4.88. The van der Waals surface area contributed by atoms with E-state index in [2.05, 4.69) is 8.75 Å². The molecule has 0 saturated carbocycles. The molecule has 0 amide bonds. The standard InChI is InChI=1S/C6H7N3S/c7-4-2-1-3-5-6(4)9-10-8-5/h2H,1,3,7H2. The molecule has 1 heterocycles. The van der Waals surface area contributed by atoms with Gasteiger partial charge in [0, 0.05) is 0 Å². The van der Waals surface area contributed by atoms with Crippen LogP contribution in [0.4, 0.5) is 0 Å². The van der Waals surface area contributed by atoms with Crippen molar-refractivity contribution in [2.45, 2.75) is 12.8 Å². The molecule has 0 aliphatic heterocycles. The maximum absolute atomic E-state index is 5.66. The third-order valence-electron chi connectivity index (χ3n) is 1.58. The molecule has 1 aliphatic rings. The Morgan fingerprint density at radius 3 is 3.20 bits per heavy atom. The van der Waals surface area contributed by atoms with Crippen molar-refractivity contribution in [2.75, 3.05) is 0 Å². The van der Waals surface area contributed by atoms with E-state index in [0.717, 1.165) is 29.9 Å². The molecule has 52 valence electrons. The Morgan fingerprint density at radius 2 is 2.40 bits per heavy atom. The van der Waals surface area contributed by atoms with Crippen LogP contribution in [0, 0.1) is 0 Å². The van der Waals surface area contributed by atoms with Crippen LogP contribution in [0.15, 0.2) is 6.08 Å². The predicted octanol–water partition coefficient (Wildman–Crippen LogP) is 0.784. The highest BCUT2D eigenvalue weighted by Crippen LogP contribution is 2.19. The first-order valence-corrected chi connectivity index (χ1v) is 3.88. The minimum atomic E-state index is 0.787. The van der Waals surface area contributed by atoms with E-state index >= 15 is 0 Å². The van der Waals surface area contributed by atoms with Gasteiger partial charge in [0.25, 0.3) is 0 Å². The number of aromatic nitrogens is 2. The number of nitrogens with zero attached hydrogens (tertiary/aromatic N) is 2. The average Bonchev–Trinajstić information content (AvgIpc) is 2.36. The van der Waals surface area contributed by atoms with Crippen molar-refractivity contribution in [3.8, 4) is 0 Å². The molecule has 0 spiro atoms. The molecule has 4 heteroatoms. The first kappa shape index (κ1) is 5.85. The third-order valence-corrected chi connectivity index (χ3v) is 2.14. The number of rotatable bonds is 0. The summed E-state index contributed by atoms with van der Waals surface area (Å²) in [5.41, 5.74) is 8.40. The summed E-state index contributed by atoms with van der Waals surface area (Å²) in [7, 11) is 0. The second-order valence-electron chi connectivity index (χ2n) is 2.26. The van der Waals surface area contributed by atoms with Crippen molar-refractivity contribution >= 4 is 17.4 Å². The van der Waals surface area contributed by atoms with Gasteiger partial charge in [0.1, 0.15) is 5.69 Å². The maximum Gasteiger partial charge on any atom is 0.123 e. The van der Waals surface area contributed by atoms with Crippen molar-refractivity contribution < 1.29 is 0 Å². The van der Waals surface area contributed by atoms with Gasteiger partial charge in [-0.1, -0.05) is 6.08 Å². The van der Waals surface area contributed by atoms with Crippen molar-refractivity contribution in [1.29, 1.82) is 0 Å². The molecule has 0 radical (unpaired) electrons. The molecule has 2 rings (SSSR count). The van der Waals surface area contributed by atoms with Gasteiger partial charge in [-0.2, -0.15) is 8.75 Å². The summed E-state index contributed by atoms with van der Waals surface area (Å²) < 4.78 is 8.19. The van der Waals surface area contributed by atoms with Crippen molar-refractivity contribution in [1.82, 2.24) is 8.75 Å². The quantitative estimate of drug-likeness (QED) is 0.599. The van der Waals surface area contributed by atoms with E-state index in [4.69, 9.17) is 5.73 Å². The molecular formula is C6H7N3S. The number of aryl methyl sites for hydroxylation is 1. The van der Waals surface area contributed by atoms with Crippen LogP contribution in [0.2, 0.25) is 0 Å². The Morgan fingerprint density at radius 1 is 1.50 bits per heavy atom. The molecule has 0 fully saturated rings. The summed E-state index contributed by atoms with van der Waals surface area (Å²) >= 11 is 1.24. The lowest BCUT2D eigenvalue weighted by atomic mass is 10.1. The van der Waals surface area contributed by atoms with Gasteiger partial charge >= 0.3 is 0 Å². The van der Waals surface area contributed by atoms with Crippen LogP contribution < -0.4 is 5.73 Å². The van der Waals surface area contributed by atoms with E-state index in [1.807, 2.05) is 6.08 Å². The van der Waals surface area contributed by atoms with E-state index < -0.39 is 0 Å². The molecular weight excluding hydrogens is 146 g/mol. The summed E-state index contributed by atoms with van der Waals surface area (Å²) in [6.45, 7) is 0. The van der Waals surface area contributed by atoms with Gasteiger partial charge in [-0.3, -0.25) is 0 Å². The van der Waals surface area contributed by atoms with Crippen LogP contribution in [0.5, 0.6) is 0 Å².